The van der Waals surface area contributed by atoms with Gasteiger partial charge in [-0.2, -0.15) is 0 Å². The molecule has 0 spiro atoms. The SMILES string of the molecule is CC(=CCO)C1CCC2CCC3(C)C(CCC4C5(C)CCC(O)C(C)(C)C5CCC43C)C21. The quantitative estimate of drug-likeness (QED) is 0.452. The average molecular weight is 443 g/mol. The monoisotopic (exact) mass is 442 g/mol. The van der Waals surface area contributed by atoms with E-state index in [4.69, 9.17) is 0 Å². The highest BCUT2D eigenvalue weighted by Crippen LogP contribution is 2.76. The fourth-order valence-corrected chi connectivity index (χ4v) is 11.4. The molecule has 0 radical (unpaired) electrons. The summed E-state index contributed by atoms with van der Waals surface area (Å²) in [5, 5.41) is 20.5. The lowest BCUT2D eigenvalue weighted by molar-refractivity contribution is -0.241. The lowest BCUT2D eigenvalue weighted by Crippen LogP contribution is -2.65. The zero-order valence-corrected chi connectivity index (χ0v) is 21.8. The van der Waals surface area contributed by atoms with E-state index in [1.54, 1.807) is 0 Å². The third kappa shape index (κ3) is 2.90. The Balaban J connectivity index is 1.51. The van der Waals surface area contributed by atoms with Crippen molar-refractivity contribution in [2.24, 2.45) is 57.2 Å². The molecule has 0 aromatic carbocycles. The van der Waals surface area contributed by atoms with Crippen molar-refractivity contribution in [3.8, 4) is 0 Å². The third-order valence-electron chi connectivity index (χ3n) is 13.3. The molecule has 0 aliphatic heterocycles. The summed E-state index contributed by atoms with van der Waals surface area (Å²) in [5.74, 6) is 4.75. The summed E-state index contributed by atoms with van der Waals surface area (Å²) in [6, 6.07) is 0. The van der Waals surface area contributed by atoms with Crippen molar-refractivity contribution in [1.29, 1.82) is 0 Å². The van der Waals surface area contributed by atoms with Crippen LogP contribution in [0, 0.1) is 57.2 Å². The standard InChI is InChI=1S/C30H50O2/c1-19(14-18-31)21-8-7-20-11-16-29(5)22(26(20)21)9-10-24-28(4)15-13-25(32)27(2,3)23(28)12-17-30(24,29)6/h14,20-26,31-32H,7-13,15-18H2,1-6H3. The second-order valence-corrected chi connectivity index (χ2v) is 14.2. The number of fused-ring (bicyclic) bond motifs is 7. The molecule has 0 saturated heterocycles. The minimum atomic E-state index is -0.132. The van der Waals surface area contributed by atoms with Gasteiger partial charge in [0.1, 0.15) is 0 Å². The summed E-state index contributed by atoms with van der Waals surface area (Å²) >= 11 is 0. The van der Waals surface area contributed by atoms with Crippen LogP contribution in [0.3, 0.4) is 0 Å². The summed E-state index contributed by atoms with van der Waals surface area (Å²) in [7, 11) is 0. The molecule has 5 rings (SSSR count). The molecule has 0 heterocycles. The Hall–Kier alpha value is -0.340. The second kappa shape index (κ2) is 7.58. The summed E-state index contributed by atoms with van der Waals surface area (Å²) < 4.78 is 0. The molecule has 5 aliphatic rings. The van der Waals surface area contributed by atoms with Gasteiger partial charge in [0.15, 0.2) is 0 Å². The predicted octanol–water partition coefficient (Wildman–Crippen LogP) is 7.00. The largest absolute Gasteiger partial charge is 0.393 e. The van der Waals surface area contributed by atoms with E-state index in [0.29, 0.717) is 28.1 Å². The molecule has 182 valence electrons. The summed E-state index contributed by atoms with van der Waals surface area (Å²) in [4.78, 5) is 0. The molecule has 2 nitrogen and oxygen atoms in total. The highest BCUT2D eigenvalue weighted by atomic mass is 16.3. The average Bonchev–Trinajstić information content (AvgIpc) is 3.16. The molecular weight excluding hydrogens is 392 g/mol. The summed E-state index contributed by atoms with van der Waals surface area (Å²) in [6.07, 6.45) is 15.2. The number of hydrogen-bond acceptors (Lipinski definition) is 2. The molecule has 5 aliphatic carbocycles. The fraction of sp³-hybridized carbons (Fsp3) is 0.933. The molecule has 2 heteroatoms. The minimum Gasteiger partial charge on any atom is -0.393 e. The molecule has 10 unspecified atom stereocenters. The van der Waals surface area contributed by atoms with Gasteiger partial charge in [0.2, 0.25) is 0 Å². The van der Waals surface area contributed by atoms with Gasteiger partial charge in [-0.15, -0.1) is 0 Å². The Kier molecular flexibility index (Phi) is 5.54. The molecule has 5 fully saturated rings. The molecule has 0 aromatic heterocycles. The Morgan fingerprint density at radius 1 is 0.812 bits per heavy atom. The molecule has 10 atom stereocenters. The van der Waals surface area contributed by atoms with Gasteiger partial charge in [0.25, 0.3) is 0 Å². The van der Waals surface area contributed by atoms with E-state index in [1.165, 1.54) is 63.4 Å². The van der Waals surface area contributed by atoms with Crippen LogP contribution in [0.1, 0.15) is 106 Å². The smallest absolute Gasteiger partial charge is 0.0615 e. The van der Waals surface area contributed by atoms with E-state index in [1.807, 2.05) is 0 Å². The van der Waals surface area contributed by atoms with Crippen LogP contribution in [-0.2, 0) is 0 Å². The predicted molar refractivity (Wildman–Crippen MR) is 132 cm³/mol. The van der Waals surface area contributed by atoms with Gasteiger partial charge in [-0.25, -0.2) is 0 Å². The van der Waals surface area contributed by atoms with Crippen LogP contribution in [-0.4, -0.2) is 22.9 Å². The Labute approximate surface area is 197 Å². The summed E-state index contributed by atoms with van der Waals surface area (Å²) in [6.45, 7) is 15.3. The van der Waals surface area contributed by atoms with Crippen LogP contribution in [0.15, 0.2) is 11.6 Å². The molecule has 0 amide bonds. The minimum absolute atomic E-state index is 0.0481. The summed E-state index contributed by atoms with van der Waals surface area (Å²) in [5.41, 5.74) is 2.75. The highest BCUT2D eigenvalue weighted by molar-refractivity contribution is 5.20. The van der Waals surface area contributed by atoms with Crippen molar-refractivity contribution in [2.75, 3.05) is 6.61 Å². The Morgan fingerprint density at radius 2 is 1.53 bits per heavy atom. The van der Waals surface area contributed by atoms with E-state index in [2.05, 4.69) is 47.6 Å². The van der Waals surface area contributed by atoms with Crippen LogP contribution in [0.2, 0.25) is 0 Å². The van der Waals surface area contributed by atoms with Crippen molar-refractivity contribution >= 4 is 0 Å². The number of rotatable bonds is 2. The van der Waals surface area contributed by atoms with E-state index < -0.39 is 0 Å². The van der Waals surface area contributed by atoms with E-state index in [-0.39, 0.29) is 18.1 Å². The zero-order chi connectivity index (χ0) is 23.1. The van der Waals surface area contributed by atoms with Gasteiger partial charge in [0, 0.05) is 0 Å². The molecule has 0 aromatic rings. The number of aliphatic hydroxyl groups excluding tert-OH is 2. The maximum absolute atomic E-state index is 10.9. The van der Waals surface area contributed by atoms with Gasteiger partial charge >= 0.3 is 0 Å². The topological polar surface area (TPSA) is 40.5 Å². The van der Waals surface area contributed by atoms with Crippen LogP contribution in [0.4, 0.5) is 0 Å². The van der Waals surface area contributed by atoms with Gasteiger partial charge in [-0.05, 0) is 128 Å². The Morgan fingerprint density at radius 3 is 2.25 bits per heavy atom. The van der Waals surface area contributed by atoms with Crippen LogP contribution >= 0.6 is 0 Å². The number of allylic oxidation sites excluding steroid dienone is 1. The maximum atomic E-state index is 10.9. The van der Waals surface area contributed by atoms with Gasteiger partial charge < -0.3 is 10.2 Å². The van der Waals surface area contributed by atoms with Crippen molar-refractivity contribution in [1.82, 2.24) is 0 Å². The van der Waals surface area contributed by atoms with Crippen molar-refractivity contribution in [3.63, 3.8) is 0 Å². The second-order valence-electron chi connectivity index (χ2n) is 14.2. The van der Waals surface area contributed by atoms with E-state index in [9.17, 15) is 10.2 Å². The first kappa shape index (κ1) is 23.4. The molecule has 32 heavy (non-hydrogen) atoms. The van der Waals surface area contributed by atoms with Crippen LogP contribution < -0.4 is 0 Å². The highest BCUT2D eigenvalue weighted by Gasteiger charge is 2.68. The van der Waals surface area contributed by atoms with Crippen molar-refractivity contribution in [2.45, 2.75) is 112 Å². The third-order valence-corrected chi connectivity index (χ3v) is 13.3. The lowest BCUT2D eigenvalue weighted by atomic mass is 9.33. The van der Waals surface area contributed by atoms with Gasteiger partial charge in [0.05, 0.1) is 12.7 Å². The van der Waals surface area contributed by atoms with Crippen molar-refractivity contribution in [3.05, 3.63) is 11.6 Å². The van der Waals surface area contributed by atoms with Crippen LogP contribution in [0.25, 0.3) is 0 Å². The van der Waals surface area contributed by atoms with Crippen LogP contribution in [0.5, 0.6) is 0 Å². The fourth-order valence-electron chi connectivity index (χ4n) is 11.4. The number of aliphatic hydroxyl groups is 2. The van der Waals surface area contributed by atoms with Gasteiger partial charge in [-0.1, -0.05) is 46.3 Å². The van der Waals surface area contributed by atoms with Crippen molar-refractivity contribution < 1.29 is 10.2 Å². The maximum Gasteiger partial charge on any atom is 0.0615 e. The zero-order valence-electron chi connectivity index (χ0n) is 21.8. The number of hydrogen-bond donors (Lipinski definition) is 2. The molecule has 5 saturated carbocycles. The molecular formula is C30H50O2. The van der Waals surface area contributed by atoms with E-state index >= 15 is 0 Å². The molecule has 2 N–H and O–H groups in total. The first-order chi connectivity index (χ1) is 15.0. The van der Waals surface area contributed by atoms with E-state index in [0.717, 1.165) is 30.1 Å². The Bertz CT molecular complexity index is 769. The lowest BCUT2D eigenvalue weighted by Gasteiger charge is -2.72. The first-order valence-corrected chi connectivity index (χ1v) is 14.0. The first-order valence-electron chi connectivity index (χ1n) is 14.0. The molecule has 0 bridgehead atoms. The normalized spacial score (nSPS) is 54.9. The van der Waals surface area contributed by atoms with Gasteiger partial charge in [-0.3, -0.25) is 0 Å².